The minimum Gasteiger partial charge on any atom is -0.494 e. The van der Waals surface area contributed by atoms with Crippen LogP contribution in [0.3, 0.4) is 0 Å². The van der Waals surface area contributed by atoms with Crippen LogP contribution >= 0.6 is 0 Å². The fourth-order valence-corrected chi connectivity index (χ4v) is 2.32. The molecule has 0 aliphatic carbocycles. The predicted molar refractivity (Wildman–Crippen MR) is 101 cm³/mol. The fourth-order valence-electron chi connectivity index (χ4n) is 2.32. The van der Waals surface area contributed by atoms with Crippen LogP contribution < -0.4 is 15.4 Å². The highest BCUT2D eigenvalue weighted by Crippen LogP contribution is 2.20. The van der Waals surface area contributed by atoms with E-state index < -0.39 is 11.7 Å². The van der Waals surface area contributed by atoms with Crippen molar-refractivity contribution in [3.8, 4) is 5.75 Å². The minimum absolute atomic E-state index is 0.0117. The lowest BCUT2D eigenvalue weighted by Gasteiger charge is -2.09. The van der Waals surface area contributed by atoms with Crippen molar-refractivity contribution >= 4 is 29.0 Å². The average Bonchev–Trinajstić information content (AvgIpc) is 2.61. The van der Waals surface area contributed by atoms with Crippen molar-refractivity contribution in [3.63, 3.8) is 0 Å². The monoisotopic (exact) mass is 372 g/mol. The maximum atomic E-state index is 13.6. The smallest absolute Gasteiger partial charge is 0.224 e. The third-order valence-electron chi connectivity index (χ3n) is 3.64. The van der Waals surface area contributed by atoms with Gasteiger partial charge in [0.2, 0.25) is 11.8 Å². The molecule has 0 heterocycles. The van der Waals surface area contributed by atoms with Crippen molar-refractivity contribution in [3.05, 3.63) is 53.8 Å². The molecule has 0 atom stereocenters. The van der Waals surface area contributed by atoms with E-state index >= 15 is 0 Å². The van der Waals surface area contributed by atoms with Crippen LogP contribution in [0.4, 0.5) is 15.8 Å². The Balaban J connectivity index is 1.77. The molecular weight excluding hydrogens is 351 g/mol. The zero-order chi connectivity index (χ0) is 19.8. The zero-order valence-corrected chi connectivity index (χ0v) is 15.2. The molecule has 0 aliphatic heterocycles. The summed E-state index contributed by atoms with van der Waals surface area (Å²) in [5, 5.41) is 5.01. The minimum atomic E-state index is -0.576. The molecule has 2 amide bonds. The number of carbonyl (C=O) groups is 3. The first kappa shape index (κ1) is 20.1. The van der Waals surface area contributed by atoms with Crippen LogP contribution in [0.15, 0.2) is 42.5 Å². The van der Waals surface area contributed by atoms with Crippen molar-refractivity contribution in [2.24, 2.45) is 0 Å². The molecule has 0 spiro atoms. The van der Waals surface area contributed by atoms with E-state index in [-0.39, 0.29) is 23.8 Å². The molecule has 2 rings (SSSR count). The molecule has 0 aromatic heterocycles. The van der Waals surface area contributed by atoms with Crippen LogP contribution in [0.25, 0.3) is 0 Å². The molecule has 0 bridgehead atoms. The van der Waals surface area contributed by atoms with Crippen LogP contribution in [0, 0.1) is 5.82 Å². The molecule has 6 nitrogen and oxygen atoms in total. The lowest BCUT2D eigenvalue weighted by molar-refractivity contribution is -0.116. The van der Waals surface area contributed by atoms with Crippen LogP contribution in [0.2, 0.25) is 0 Å². The second-order valence-corrected chi connectivity index (χ2v) is 5.96. The van der Waals surface area contributed by atoms with E-state index in [4.69, 9.17) is 4.74 Å². The molecule has 27 heavy (non-hydrogen) atoms. The van der Waals surface area contributed by atoms with Crippen molar-refractivity contribution in [2.45, 2.75) is 26.7 Å². The van der Waals surface area contributed by atoms with Gasteiger partial charge in [-0.25, -0.2) is 4.39 Å². The number of ketones is 1. The van der Waals surface area contributed by atoms with Crippen LogP contribution in [-0.2, 0) is 9.59 Å². The second kappa shape index (κ2) is 9.47. The predicted octanol–water partition coefficient (Wildman–Crippen LogP) is 3.78. The molecule has 0 unspecified atom stereocenters. The number of Topliss-reactive ketones (excluding diaryl/α,β-unsaturated/α-hetero) is 1. The Morgan fingerprint density at radius 2 is 1.70 bits per heavy atom. The summed E-state index contributed by atoms with van der Waals surface area (Å²) in [4.78, 5) is 34.2. The highest BCUT2D eigenvalue weighted by Gasteiger charge is 2.08. The van der Waals surface area contributed by atoms with Gasteiger partial charge in [0.1, 0.15) is 11.6 Å². The Labute approximate surface area is 156 Å². The highest BCUT2D eigenvalue weighted by atomic mass is 19.1. The van der Waals surface area contributed by atoms with Gasteiger partial charge in [-0.05, 0) is 55.8 Å². The summed E-state index contributed by atoms with van der Waals surface area (Å²) >= 11 is 0. The van der Waals surface area contributed by atoms with Gasteiger partial charge in [-0.1, -0.05) is 0 Å². The van der Waals surface area contributed by atoms with E-state index in [9.17, 15) is 18.8 Å². The summed E-state index contributed by atoms with van der Waals surface area (Å²) in [5.41, 5.74) is 1.02. The summed E-state index contributed by atoms with van der Waals surface area (Å²) in [6.07, 6.45) is 0.707. The molecule has 2 N–H and O–H groups in total. The number of anilines is 2. The van der Waals surface area contributed by atoms with Gasteiger partial charge in [0.05, 0.1) is 12.3 Å². The number of nitrogens with one attached hydrogen (secondary N) is 2. The number of hydrogen-bond acceptors (Lipinski definition) is 4. The lowest BCUT2D eigenvalue weighted by Crippen LogP contribution is -2.14. The Bertz CT molecular complexity index is 834. The summed E-state index contributed by atoms with van der Waals surface area (Å²) in [6, 6.07) is 10.7. The Morgan fingerprint density at radius 3 is 2.33 bits per heavy atom. The Kier molecular flexibility index (Phi) is 7.05. The number of carbonyl (C=O) groups excluding carboxylic acids is 3. The first-order valence-electron chi connectivity index (χ1n) is 8.46. The van der Waals surface area contributed by atoms with Gasteiger partial charge in [-0.15, -0.1) is 0 Å². The molecule has 0 fully saturated rings. The molecule has 0 aliphatic rings. The topological polar surface area (TPSA) is 84.5 Å². The molecule has 0 saturated carbocycles. The molecular formula is C20H21FN2O4. The number of rotatable bonds is 8. The SMILES string of the molecule is CC(=O)Nc1cc(NC(=O)CCCOc2ccc(C(C)=O)cc2)ccc1F. The molecule has 142 valence electrons. The third-order valence-corrected chi connectivity index (χ3v) is 3.64. The molecule has 2 aromatic rings. The maximum Gasteiger partial charge on any atom is 0.224 e. The third kappa shape index (κ3) is 6.54. The lowest BCUT2D eigenvalue weighted by atomic mass is 10.1. The summed E-state index contributed by atoms with van der Waals surface area (Å²) in [5.74, 6) is -0.608. The maximum absolute atomic E-state index is 13.6. The number of hydrogen-bond donors (Lipinski definition) is 2. The largest absolute Gasteiger partial charge is 0.494 e. The van der Waals surface area contributed by atoms with Crippen LogP contribution in [0.1, 0.15) is 37.0 Å². The fraction of sp³-hybridized carbons (Fsp3) is 0.250. The van der Waals surface area contributed by atoms with Crippen LogP contribution in [0.5, 0.6) is 5.75 Å². The summed E-state index contributed by atoms with van der Waals surface area (Å²) in [7, 11) is 0. The second-order valence-electron chi connectivity index (χ2n) is 5.96. The quantitative estimate of drug-likeness (QED) is 0.545. The van der Waals surface area contributed by atoms with Crippen molar-refractivity contribution in [1.82, 2.24) is 0 Å². The van der Waals surface area contributed by atoms with Gasteiger partial charge < -0.3 is 15.4 Å². The number of amides is 2. The van der Waals surface area contributed by atoms with Gasteiger partial charge in [0, 0.05) is 24.6 Å². The summed E-state index contributed by atoms with van der Waals surface area (Å²) in [6.45, 7) is 3.11. The first-order chi connectivity index (χ1) is 12.8. The van der Waals surface area contributed by atoms with E-state index in [0.29, 0.717) is 30.0 Å². The zero-order valence-electron chi connectivity index (χ0n) is 15.2. The highest BCUT2D eigenvalue weighted by molar-refractivity contribution is 5.94. The van der Waals surface area contributed by atoms with E-state index in [1.54, 1.807) is 24.3 Å². The number of halogens is 1. The van der Waals surface area contributed by atoms with Crippen LogP contribution in [-0.4, -0.2) is 24.2 Å². The Morgan fingerprint density at radius 1 is 1.00 bits per heavy atom. The van der Waals surface area contributed by atoms with Crippen molar-refractivity contribution < 1.29 is 23.5 Å². The standard InChI is InChI=1S/C20H21FN2O4/c1-13(24)15-5-8-17(9-6-15)27-11-3-4-20(26)23-16-7-10-18(21)19(12-16)22-14(2)25/h5-10,12H,3-4,11H2,1-2H3,(H,22,25)(H,23,26). The molecule has 2 aromatic carbocycles. The number of ether oxygens (including phenoxy) is 1. The van der Waals surface area contributed by atoms with E-state index in [1.165, 1.54) is 32.0 Å². The Hall–Kier alpha value is -3.22. The van der Waals surface area contributed by atoms with Gasteiger partial charge >= 0.3 is 0 Å². The normalized spacial score (nSPS) is 10.2. The van der Waals surface area contributed by atoms with Gasteiger partial charge in [-0.2, -0.15) is 0 Å². The van der Waals surface area contributed by atoms with Gasteiger partial charge in [-0.3, -0.25) is 14.4 Å². The first-order valence-corrected chi connectivity index (χ1v) is 8.46. The average molecular weight is 372 g/mol. The van der Waals surface area contributed by atoms with Gasteiger partial charge in [0.15, 0.2) is 5.78 Å². The molecule has 0 saturated heterocycles. The van der Waals surface area contributed by atoms with Crippen molar-refractivity contribution in [1.29, 1.82) is 0 Å². The van der Waals surface area contributed by atoms with Gasteiger partial charge in [0.25, 0.3) is 0 Å². The molecule has 0 radical (unpaired) electrons. The molecule has 7 heteroatoms. The van der Waals surface area contributed by atoms with E-state index in [0.717, 1.165) is 0 Å². The summed E-state index contributed by atoms with van der Waals surface area (Å²) < 4.78 is 19.1. The van der Waals surface area contributed by atoms with E-state index in [1.807, 2.05) is 0 Å². The number of benzene rings is 2. The van der Waals surface area contributed by atoms with E-state index in [2.05, 4.69) is 10.6 Å². The van der Waals surface area contributed by atoms with Crippen molar-refractivity contribution in [2.75, 3.05) is 17.2 Å².